The van der Waals surface area contributed by atoms with Gasteiger partial charge in [-0.15, -0.1) is 0 Å². The first kappa shape index (κ1) is 18.7. The largest absolute Gasteiger partial charge is 0.336 e. The molecule has 0 saturated carbocycles. The average molecular weight is 385 g/mol. The zero-order valence-corrected chi connectivity index (χ0v) is 16.1. The van der Waals surface area contributed by atoms with Gasteiger partial charge in [-0.2, -0.15) is 0 Å². The maximum absolute atomic E-state index is 13.2. The SMILES string of the molecule is O=C(Cn1c(=O)[nH]c2ccccc21)N(CCc1ccccc1)Cc1ccccc1. The first-order valence-electron chi connectivity index (χ1n) is 9.74. The van der Waals surface area contributed by atoms with Gasteiger partial charge in [0.15, 0.2) is 0 Å². The molecule has 0 aliphatic heterocycles. The highest BCUT2D eigenvalue weighted by atomic mass is 16.2. The van der Waals surface area contributed by atoms with Crippen LogP contribution in [0.2, 0.25) is 0 Å². The van der Waals surface area contributed by atoms with Gasteiger partial charge in [0.05, 0.1) is 11.0 Å². The Bertz CT molecular complexity index is 1150. The van der Waals surface area contributed by atoms with Crippen LogP contribution in [0.5, 0.6) is 0 Å². The topological polar surface area (TPSA) is 58.1 Å². The molecule has 5 nitrogen and oxygen atoms in total. The zero-order valence-electron chi connectivity index (χ0n) is 16.1. The van der Waals surface area contributed by atoms with Crippen molar-refractivity contribution in [1.29, 1.82) is 0 Å². The van der Waals surface area contributed by atoms with Crippen molar-refractivity contribution in [2.24, 2.45) is 0 Å². The number of H-pyrrole nitrogens is 1. The maximum Gasteiger partial charge on any atom is 0.326 e. The lowest BCUT2D eigenvalue weighted by atomic mass is 10.1. The van der Waals surface area contributed by atoms with E-state index in [1.807, 2.05) is 77.7 Å². The lowest BCUT2D eigenvalue weighted by molar-refractivity contribution is -0.132. The maximum atomic E-state index is 13.2. The lowest BCUT2D eigenvalue weighted by Crippen LogP contribution is -2.37. The minimum Gasteiger partial charge on any atom is -0.336 e. The summed E-state index contributed by atoms with van der Waals surface area (Å²) in [5.41, 5.74) is 3.47. The number of fused-ring (bicyclic) bond motifs is 1. The monoisotopic (exact) mass is 385 g/mol. The number of hydrogen-bond donors (Lipinski definition) is 1. The summed E-state index contributed by atoms with van der Waals surface area (Å²) in [5, 5.41) is 0. The quantitative estimate of drug-likeness (QED) is 0.528. The Kier molecular flexibility index (Phi) is 5.56. The number of rotatable bonds is 7. The predicted octanol–water partition coefficient (Wildman–Crippen LogP) is 3.60. The van der Waals surface area contributed by atoms with Crippen LogP contribution in [0.15, 0.2) is 89.7 Å². The number of carbonyl (C=O) groups is 1. The molecule has 5 heteroatoms. The van der Waals surface area contributed by atoms with Gasteiger partial charge in [0.25, 0.3) is 0 Å². The van der Waals surface area contributed by atoms with E-state index >= 15 is 0 Å². The van der Waals surface area contributed by atoms with Crippen molar-refractivity contribution in [3.63, 3.8) is 0 Å². The molecule has 0 atom stereocenters. The van der Waals surface area contributed by atoms with Crippen molar-refractivity contribution >= 4 is 16.9 Å². The number of imidazole rings is 1. The number of aromatic amines is 1. The standard InChI is InChI=1S/C24H23N3O2/c28-23(18-27-22-14-8-7-13-21(22)25-24(27)29)26(17-20-11-5-2-6-12-20)16-15-19-9-3-1-4-10-19/h1-14H,15-18H2,(H,25,29). The third-order valence-corrected chi connectivity index (χ3v) is 5.06. The van der Waals surface area contributed by atoms with Crippen molar-refractivity contribution in [3.8, 4) is 0 Å². The van der Waals surface area contributed by atoms with E-state index in [1.165, 1.54) is 10.1 Å². The number of benzene rings is 3. The van der Waals surface area contributed by atoms with E-state index in [0.717, 1.165) is 23.0 Å². The number of amides is 1. The van der Waals surface area contributed by atoms with Gasteiger partial charge in [-0.3, -0.25) is 9.36 Å². The van der Waals surface area contributed by atoms with Gasteiger partial charge in [-0.05, 0) is 29.7 Å². The minimum absolute atomic E-state index is 0.0183. The summed E-state index contributed by atoms with van der Waals surface area (Å²) in [6, 6.07) is 27.5. The van der Waals surface area contributed by atoms with Crippen LogP contribution in [0.4, 0.5) is 0 Å². The summed E-state index contributed by atoms with van der Waals surface area (Å²) in [4.78, 5) is 30.2. The number of nitrogens with zero attached hydrogens (tertiary/aromatic N) is 2. The fraction of sp³-hybridized carbons (Fsp3) is 0.167. The Labute approximate surface area is 169 Å². The van der Waals surface area contributed by atoms with Crippen molar-refractivity contribution in [3.05, 3.63) is 107 Å². The summed E-state index contributed by atoms with van der Waals surface area (Å²) < 4.78 is 1.51. The van der Waals surface area contributed by atoms with Crippen LogP contribution < -0.4 is 5.69 Å². The molecule has 0 bridgehead atoms. The van der Waals surface area contributed by atoms with E-state index in [4.69, 9.17) is 0 Å². The molecule has 146 valence electrons. The Morgan fingerprint density at radius 1 is 0.828 bits per heavy atom. The van der Waals surface area contributed by atoms with E-state index in [1.54, 1.807) is 0 Å². The average Bonchev–Trinajstić information content (AvgIpc) is 3.07. The van der Waals surface area contributed by atoms with Crippen LogP contribution in [0.1, 0.15) is 11.1 Å². The molecule has 0 fully saturated rings. The molecule has 1 amide bonds. The van der Waals surface area contributed by atoms with Crippen LogP contribution in [-0.2, 0) is 24.3 Å². The number of carbonyl (C=O) groups excluding carboxylic acids is 1. The van der Waals surface area contributed by atoms with Crippen LogP contribution >= 0.6 is 0 Å². The molecule has 1 heterocycles. The second kappa shape index (κ2) is 8.61. The van der Waals surface area contributed by atoms with Crippen LogP contribution in [0, 0.1) is 0 Å². The van der Waals surface area contributed by atoms with E-state index in [-0.39, 0.29) is 18.1 Å². The summed E-state index contributed by atoms with van der Waals surface area (Å²) in [6.07, 6.45) is 0.766. The molecule has 0 spiro atoms. The molecule has 0 aliphatic rings. The number of nitrogens with one attached hydrogen (secondary N) is 1. The highest BCUT2D eigenvalue weighted by Crippen LogP contribution is 2.12. The molecule has 0 unspecified atom stereocenters. The fourth-order valence-corrected chi connectivity index (χ4v) is 3.50. The first-order valence-corrected chi connectivity index (χ1v) is 9.74. The van der Waals surface area contributed by atoms with Crippen molar-refractivity contribution in [1.82, 2.24) is 14.5 Å². The van der Waals surface area contributed by atoms with Gasteiger partial charge in [-0.1, -0.05) is 72.8 Å². The third-order valence-electron chi connectivity index (χ3n) is 5.06. The second-order valence-electron chi connectivity index (χ2n) is 7.07. The van der Waals surface area contributed by atoms with Crippen molar-refractivity contribution in [2.75, 3.05) is 6.54 Å². The highest BCUT2D eigenvalue weighted by molar-refractivity contribution is 5.80. The third kappa shape index (κ3) is 4.46. The molecule has 0 saturated heterocycles. The Morgan fingerprint density at radius 2 is 1.45 bits per heavy atom. The van der Waals surface area contributed by atoms with E-state index in [2.05, 4.69) is 17.1 Å². The van der Waals surface area contributed by atoms with Gasteiger partial charge < -0.3 is 9.88 Å². The van der Waals surface area contributed by atoms with E-state index in [9.17, 15) is 9.59 Å². The molecule has 1 aromatic heterocycles. The molecule has 0 aliphatic carbocycles. The highest BCUT2D eigenvalue weighted by Gasteiger charge is 2.17. The normalized spacial score (nSPS) is 10.9. The molecule has 0 radical (unpaired) electrons. The summed E-state index contributed by atoms with van der Waals surface area (Å²) >= 11 is 0. The van der Waals surface area contributed by atoms with Gasteiger partial charge >= 0.3 is 5.69 Å². The van der Waals surface area contributed by atoms with Gasteiger partial charge in [0.2, 0.25) is 5.91 Å². The molecule has 3 aromatic carbocycles. The summed E-state index contributed by atoms with van der Waals surface area (Å²) in [7, 11) is 0. The zero-order chi connectivity index (χ0) is 20.1. The number of hydrogen-bond acceptors (Lipinski definition) is 2. The van der Waals surface area contributed by atoms with Crippen molar-refractivity contribution in [2.45, 2.75) is 19.5 Å². The van der Waals surface area contributed by atoms with Gasteiger partial charge in [-0.25, -0.2) is 4.79 Å². The molecular formula is C24H23N3O2. The number of aromatic nitrogens is 2. The molecule has 1 N–H and O–H groups in total. The molecule has 29 heavy (non-hydrogen) atoms. The Balaban J connectivity index is 1.56. The van der Waals surface area contributed by atoms with Gasteiger partial charge in [0, 0.05) is 13.1 Å². The Morgan fingerprint density at radius 3 is 2.17 bits per heavy atom. The molecular weight excluding hydrogens is 362 g/mol. The fourth-order valence-electron chi connectivity index (χ4n) is 3.50. The molecule has 4 aromatic rings. The van der Waals surface area contributed by atoms with Gasteiger partial charge in [0.1, 0.15) is 6.54 Å². The van der Waals surface area contributed by atoms with Crippen LogP contribution in [0.25, 0.3) is 11.0 Å². The number of para-hydroxylation sites is 2. The first-order chi connectivity index (χ1) is 14.2. The van der Waals surface area contributed by atoms with Crippen LogP contribution in [-0.4, -0.2) is 26.9 Å². The van der Waals surface area contributed by atoms with E-state index < -0.39 is 0 Å². The smallest absolute Gasteiger partial charge is 0.326 e. The Hall–Kier alpha value is -3.60. The van der Waals surface area contributed by atoms with Crippen LogP contribution in [0.3, 0.4) is 0 Å². The molecule has 4 rings (SSSR count). The lowest BCUT2D eigenvalue weighted by Gasteiger charge is -2.23. The summed E-state index contributed by atoms with van der Waals surface area (Å²) in [6.45, 7) is 1.13. The van der Waals surface area contributed by atoms with E-state index in [0.29, 0.717) is 13.1 Å². The van der Waals surface area contributed by atoms with Crippen molar-refractivity contribution < 1.29 is 4.79 Å². The minimum atomic E-state index is -0.262. The second-order valence-corrected chi connectivity index (χ2v) is 7.07. The predicted molar refractivity (Wildman–Crippen MR) is 115 cm³/mol. The summed E-state index contributed by atoms with van der Waals surface area (Å²) in [5.74, 6) is -0.0726.